The van der Waals surface area contributed by atoms with Gasteiger partial charge in [-0.05, 0) is 54.8 Å². The fraction of sp³-hybridized carbons (Fsp3) is 0.318. The Labute approximate surface area is 153 Å². The van der Waals surface area contributed by atoms with Gasteiger partial charge in [0.1, 0.15) is 5.82 Å². The highest BCUT2D eigenvalue weighted by molar-refractivity contribution is 6.02. The van der Waals surface area contributed by atoms with Crippen LogP contribution in [0.25, 0.3) is 21.9 Å². The van der Waals surface area contributed by atoms with Crippen molar-refractivity contribution in [2.75, 3.05) is 18.0 Å². The van der Waals surface area contributed by atoms with E-state index in [1.807, 2.05) is 6.20 Å². The third kappa shape index (κ3) is 3.00. The number of hydrogen-bond donors (Lipinski definition) is 1. The maximum absolute atomic E-state index is 13.9. The summed E-state index contributed by atoms with van der Waals surface area (Å²) < 4.78 is 13.9. The molecule has 0 aliphatic carbocycles. The molecule has 1 aliphatic heterocycles. The van der Waals surface area contributed by atoms with E-state index in [0.717, 1.165) is 46.7 Å². The molecule has 1 N–H and O–H groups in total. The first-order valence-corrected chi connectivity index (χ1v) is 9.16. The van der Waals surface area contributed by atoms with Crippen LogP contribution in [-0.4, -0.2) is 23.2 Å². The van der Waals surface area contributed by atoms with Crippen molar-refractivity contribution in [2.24, 2.45) is 5.92 Å². The van der Waals surface area contributed by atoms with Crippen molar-refractivity contribution in [1.29, 1.82) is 0 Å². The van der Waals surface area contributed by atoms with Gasteiger partial charge in [0.25, 0.3) is 0 Å². The molecule has 0 bridgehead atoms. The van der Waals surface area contributed by atoms with Crippen molar-refractivity contribution in [3.05, 3.63) is 54.0 Å². The van der Waals surface area contributed by atoms with Gasteiger partial charge in [0.05, 0.1) is 0 Å². The summed E-state index contributed by atoms with van der Waals surface area (Å²) in [6.45, 7) is 6.42. The first kappa shape index (κ1) is 16.8. The summed E-state index contributed by atoms with van der Waals surface area (Å²) in [6.07, 6.45) is 4.19. The van der Waals surface area contributed by atoms with Crippen LogP contribution in [0.3, 0.4) is 0 Å². The summed E-state index contributed by atoms with van der Waals surface area (Å²) in [5, 5.41) is 11.6. The molecular formula is C22H23FN2O. The van der Waals surface area contributed by atoms with Crippen molar-refractivity contribution in [1.82, 2.24) is 4.98 Å². The highest BCUT2D eigenvalue weighted by Gasteiger charge is 2.20. The molecule has 1 fully saturated rings. The van der Waals surface area contributed by atoms with E-state index < -0.39 is 5.82 Å². The Kier molecular flexibility index (Phi) is 4.27. The Bertz CT molecular complexity index is 962. The Morgan fingerprint density at radius 3 is 2.58 bits per heavy atom. The van der Waals surface area contributed by atoms with Crippen molar-refractivity contribution >= 4 is 16.6 Å². The summed E-state index contributed by atoms with van der Waals surface area (Å²) in [5.41, 5.74) is 2.79. The molecule has 1 aromatic heterocycles. The Morgan fingerprint density at radius 1 is 1.08 bits per heavy atom. The Hall–Kier alpha value is -2.62. The van der Waals surface area contributed by atoms with E-state index in [2.05, 4.69) is 36.9 Å². The molecule has 4 heteroatoms. The summed E-state index contributed by atoms with van der Waals surface area (Å²) in [7, 11) is 0. The lowest BCUT2D eigenvalue weighted by Gasteiger charge is -2.32. The summed E-state index contributed by atoms with van der Waals surface area (Å²) in [4.78, 5) is 7.13. The number of rotatable bonds is 2. The summed E-state index contributed by atoms with van der Waals surface area (Å²) in [5.74, 6) is 0.829. The van der Waals surface area contributed by atoms with Crippen LogP contribution in [0.1, 0.15) is 25.3 Å². The number of pyridine rings is 1. The van der Waals surface area contributed by atoms with Crippen molar-refractivity contribution in [3.8, 4) is 16.9 Å². The predicted molar refractivity (Wildman–Crippen MR) is 104 cm³/mol. The number of nitrogens with zero attached hydrogens (tertiary/aromatic N) is 2. The largest absolute Gasteiger partial charge is 0.505 e. The average molecular weight is 350 g/mol. The van der Waals surface area contributed by atoms with Gasteiger partial charge in [0, 0.05) is 30.2 Å². The number of aromatic nitrogens is 1. The zero-order valence-electron chi connectivity index (χ0n) is 15.2. The first-order valence-electron chi connectivity index (χ1n) is 9.16. The highest BCUT2D eigenvalue weighted by atomic mass is 19.1. The molecule has 3 nitrogen and oxygen atoms in total. The molecule has 0 atom stereocenters. The van der Waals surface area contributed by atoms with E-state index in [4.69, 9.17) is 4.98 Å². The maximum atomic E-state index is 13.9. The van der Waals surface area contributed by atoms with Gasteiger partial charge >= 0.3 is 0 Å². The summed E-state index contributed by atoms with van der Waals surface area (Å²) >= 11 is 0. The lowest BCUT2D eigenvalue weighted by molar-refractivity contribution is 0.432. The zero-order valence-corrected chi connectivity index (χ0v) is 15.2. The second-order valence-electron chi connectivity index (χ2n) is 7.38. The van der Waals surface area contributed by atoms with Crippen LogP contribution in [0.4, 0.5) is 10.2 Å². The van der Waals surface area contributed by atoms with Gasteiger partial charge in [-0.25, -0.2) is 9.37 Å². The number of piperidine rings is 1. The van der Waals surface area contributed by atoms with Gasteiger partial charge in [-0.3, -0.25) is 0 Å². The Balaban J connectivity index is 1.86. The minimum absolute atomic E-state index is 0.332. The smallest absolute Gasteiger partial charge is 0.165 e. The SMILES string of the molecule is Cc1ccc2c(-c3ccc(O)c(F)c3)cnc(N3CCC(C)CC3)c2c1. The average Bonchev–Trinajstić information content (AvgIpc) is 2.64. The Morgan fingerprint density at radius 2 is 1.85 bits per heavy atom. The molecule has 26 heavy (non-hydrogen) atoms. The topological polar surface area (TPSA) is 36.4 Å². The van der Waals surface area contributed by atoms with Crippen LogP contribution >= 0.6 is 0 Å². The van der Waals surface area contributed by atoms with Gasteiger partial charge < -0.3 is 10.0 Å². The molecule has 4 rings (SSSR count). The third-order valence-electron chi connectivity index (χ3n) is 5.36. The monoisotopic (exact) mass is 350 g/mol. The molecule has 0 unspecified atom stereocenters. The fourth-order valence-corrected chi connectivity index (χ4v) is 3.72. The van der Waals surface area contributed by atoms with Crippen LogP contribution in [0.2, 0.25) is 0 Å². The van der Waals surface area contributed by atoms with Gasteiger partial charge in [-0.2, -0.15) is 0 Å². The second kappa shape index (κ2) is 6.60. The molecule has 0 amide bonds. The lowest BCUT2D eigenvalue weighted by atomic mass is 9.96. The van der Waals surface area contributed by atoms with Crippen LogP contribution < -0.4 is 4.90 Å². The number of phenolic OH excluding ortho intramolecular Hbond substituents is 1. The normalized spacial score (nSPS) is 15.6. The molecule has 2 heterocycles. The summed E-state index contributed by atoms with van der Waals surface area (Å²) in [6, 6.07) is 10.8. The van der Waals surface area contributed by atoms with Crippen molar-refractivity contribution in [3.63, 3.8) is 0 Å². The maximum Gasteiger partial charge on any atom is 0.165 e. The van der Waals surface area contributed by atoms with Gasteiger partial charge in [0.15, 0.2) is 11.6 Å². The number of hydrogen-bond acceptors (Lipinski definition) is 3. The minimum atomic E-state index is -0.614. The van der Waals surface area contributed by atoms with Crippen LogP contribution in [0, 0.1) is 18.7 Å². The number of aromatic hydroxyl groups is 1. The fourth-order valence-electron chi connectivity index (χ4n) is 3.72. The van der Waals surface area contributed by atoms with E-state index in [-0.39, 0.29) is 5.75 Å². The lowest BCUT2D eigenvalue weighted by Crippen LogP contribution is -2.33. The van der Waals surface area contributed by atoms with Crippen molar-refractivity contribution < 1.29 is 9.50 Å². The third-order valence-corrected chi connectivity index (χ3v) is 5.36. The van der Waals surface area contributed by atoms with Gasteiger partial charge in [0.2, 0.25) is 0 Å². The van der Waals surface area contributed by atoms with E-state index in [1.165, 1.54) is 30.5 Å². The second-order valence-corrected chi connectivity index (χ2v) is 7.38. The van der Waals surface area contributed by atoms with E-state index in [9.17, 15) is 9.50 Å². The van der Waals surface area contributed by atoms with E-state index >= 15 is 0 Å². The molecule has 134 valence electrons. The predicted octanol–water partition coefficient (Wildman–Crippen LogP) is 5.29. The number of fused-ring (bicyclic) bond motifs is 1. The van der Waals surface area contributed by atoms with Crippen LogP contribution in [-0.2, 0) is 0 Å². The molecule has 2 aromatic carbocycles. The van der Waals surface area contributed by atoms with E-state index in [0.29, 0.717) is 0 Å². The number of halogens is 1. The van der Waals surface area contributed by atoms with Crippen molar-refractivity contribution in [2.45, 2.75) is 26.7 Å². The molecule has 1 aliphatic rings. The van der Waals surface area contributed by atoms with Gasteiger partial charge in [-0.15, -0.1) is 0 Å². The van der Waals surface area contributed by atoms with E-state index in [1.54, 1.807) is 6.07 Å². The molecule has 1 saturated heterocycles. The molecule has 3 aromatic rings. The zero-order chi connectivity index (χ0) is 18.3. The number of anilines is 1. The highest BCUT2D eigenvalue weighted by Crippen LogP contribution is 2.36. The first-order chi connectivity index (χ1) is 12.5. The molecule has 0 radical (unpaired) electrons. The number of benzene rings is 2. The molecular weight excluding hydrogens is 327 g/mol. The minimum Gasteiger partial charge on any atom is -0.505 e. The van der Waals surface area contributed by atoms with Gasteiger partial charge in [-0.1, -0.05) is 30.7 Å². The van der Waals surface area contributed by atoms with Crippen LogP contribution in [0.15, 0.2) is 42.6 Å². The molecule has 0 spiro atoms. The number of phenols is 1. The molecule has 0 saturated carbocycles. The number of aryl methyl sites for hydroxylation is 1. The van der Waals surface area contributed by atoms with Crippen LogP contribution in [0.5, 0.6) is 5.75 Å². The standard InChI is InChI=1S/C22H23FN2O/c1-14-7-9-25(10-8-14)22-18-11-15(2)3-5-17(18)19(13-24-22)16-4-6-21(26)20(23)12-16/h3-6,11-14,26H,7-10H2,1-2H3. The quantitative estimate of drug-likeness (QED) is 0.682.